The Bertz CT molecular complexity index is 738. The van der Waals surface area contributed by atoms with E-state index in [4.69, 9.17) is 10.5 Å². The minimum Gasteiger partial charge on any atom is -0.457 e. The lowest BCUT2D eigenvalue weighted by Crippen LogP contribution is -2.04. The van der Waals surface area contributed by atoms with Crippen LogP contribution in [0.25, 0.3) is 10.9 Å². The number of hydrogen-bond donors (Lipinski definition) is 1. The van der Waals surface area contributed by atoms with E-state index in [-0.39, 0.29) is 6.04 Å². The quantitative estimate of drug-likeness (QED) is 0.776. The Kier molecular flexibility index (Phi) is 3.35. The molecule has 0 spiro atoms. The van der Waals surface area contributed by atoms with E-state index in [0.29, 0.717) is 0 Å². The zero-order valence-corrected chi connectivity index (χ0v) is 11.3. The molecule has 0 amide bonds. The summed E-state index contributed by atoms with van der Waals surface area (Å²) in [6, 6.07) is 17.7. The van der Waals surface area contributed by atoms with Gasteiger partial charge in [-0.05, 0) is 42.8 Å². The van der Waals surface area contributed by atoms with Crippen molar-refractivity contribution < 1.29 is 4.74 Å². The average Bonchev–Trinajstić information content (AvgIpc) is 2.47. The van der Waals surface area contributed by atoms with Gasteiger partial charge in [-0.1, -0.05) is 18.2 Å². The van der Waals surface area contributed by atoms with E-state index in [0.717, 1.165) is 28.0 Å². The number of aromatic nitrogens is 1. The largest absolute Gasteiger partial charge is 0.457 e. The number of nitrogens with zero attached hydrogens (tertiary/aromatic N) is 1. The monoisotopic (exact) mass is 264 g/mol. The summed E-state index contributed by atoms with van der Waals surface area (Å²) < 4.78 is 5.88. The van der Waals surface area contributed by atoms with Crippen LogP contribution in [0, 0.1) is 0 Å². The molecule has 1 heterocycles. The lowest BCUT2D eigenvalue weighted by molar-refractivity contribution is 0.482. The molecular weight excluding hydrogens is 248 g/mol. The number of ether oxygens (including phenoxy) is 1. The van der Waals surface area contributed by atoms with Crippen LogP contribution in [0.2, 0.25) is 0 Å². The van der Waals surface area contributed by atoms with Gasteiger partial charge in [-0.15, -0.1) is 0 Å². The van der Waals surface area contributed by atoms with E-state index < -0.39 is 0 Å². The highest BCUT2D eigenvalue weighted by Crippen LogP contribution is 2.26. The molecule has 0 saturated heterocycles. The molecule has 20 heavy (non-hydrogen) atoms. The van der Waals surface area contributed by atoms with Crippen LogP contribution in [0.1, 0.15) is 18.5 Å². The maximum atomic E-state index is 5.88. The second-order valence-corrected chi connectivity index (χ2v) is 4.82. The first kappa shape index (κ1) is 12.6. The van der Waals surface area contributed by atoms with E-state index >= 15 is 0 Å². The van der Waals surface area contributed by atoms with Crippen molar-refractivity contribution in [3.8, 4) is 11.5 Å². The second-order valence-electron chi connectivity index (χ2n) is 4.82. The summed E-state index contributed by atoms with van der Waals surface area (Å²) in [5.41, 5.74) is 7.87. The minimum absolute atomic E-state index is 0.00294. The van der Waals surface area contributed by atoms with Gasteiger partial charge in [0.15, 0.2) is 0 Å². The van der Waals surface area contributed by atoms with E-state index in [2.05, 4.69) is 4.98 Å². The van der Waals surface area contributed by atoms with Crippen molar-refractivity contribution in [1.82, 2.24) is 4.98 Å². The van der Waals surface area contributed by atoms with Crippen molar-refractivity contribution in [3.63, 3.8) is 0 Å². The van der Waals surface area contributed by atoms with Crippen LogP contribution >= 0.6 is 0 Å². The molecule has 0 saturated carbocycles. The standard InChI is InChI=1S/C17H16N2O/c1-12(18)14-4-2-6-15(10-14)20-16-8-7-13-5-3-9-19-17(13)11-16/h2-12H,18H2,1H3. The van der Waals surface area contributed by atoms with Crippen molar-refractivity contribution in [1.29, 1.82) is 0 Å². The fourth-order valence-corrected chi connectivity index (χ4v) is 2.11. The fourth-order valence-electron chi connectivity index (χ4n) is 2.11. The molecule has 2 aromatic carbocycles. The number of benzene rings is 2. The third-order valence-electron chi connectivity index (χ3n) is 3.20. The molecule has 3 heteroatoms. The average molecular weight is 264 g/mol. The zero-order chi connectivity index (χ0) is 13.9. The lowest BCUT2D eigenvalue weighted by Gasteiger charge is -2.10. The van der Waals surface area contributed by atoms with Gasteiger partial charge in [0, 0.05) is 23.7 Å². The lowest BCUT2D eigenvalue weighted by atomic mass is 10.1. The van der Waals surface area contributed by atoms with Crippen molar-refractivity contribution in [2.24, 2.45) is 5.73 Å². The molecule has 0 aliphatic heterocycles. The molecule has 3 rings (SSSR count). The van der Waals surface area contributed by atoms with Gasteiger partial charge < -0.3 is 10.5 Å². The number of hydrogen-bond acceptors (Lipinski definition) is 3. The Morgan fingerprint density at radius 2 is 1.85 bits per heavy atom. The van der Waals surface area contributed by atoms with Gasteiger partial charge in [-0.25, -0.2) is 0 Å². The van der Waals surface area contributed by atoms with Gasteiger partial charge in [0.05, 0.1) is 5.52 Å². The second kappa shape index (κ2) is 5.31. The van der Waals surface area contributed by atoms with Crippen LogP contribution in [0.3, 0.4) is 0 Å². The molecule has 3 aromatic rings. The van der Waals surface area contributed by atoms with Crippen LogP contribution in [0.15, 0.2) is 60.8 Å². The molecule has 1 aromatic heterocycles. The Morgan fingerprint density at radius 3 is 2.70 bits per heavy atom. The van der Waals surface area contributed by atoms with Crippen molar-refractivity contribution >= 4 is 10.9 Å². The third-order valence-corrected chi connectivity index (χ3v) is 3.20. The number of pyridine rings is 1. The molecule has 0 fully saturated rings. The van der Waals surface area contributed by atoms with E-state index in [1.807, 2.05) is 61.5 Å². The summed E-state index contributed by atoms with van der Waals surface area (Å²) in [6.45, 7) is 1.96. The summed E-state index contributed by atoms with van der Waals surface area (Å²) in [4.78, 5) is 4.33. The smallest absolute Gasteiger partial charge is 0.129 e. The summed E-state index contributed by atoms with van der Waals surface area (Å²) in [5, 5.41) is 1.10. The van der Waals surface area contributed by atoms with Crippen LogP contribution in [0.4, 0.5) is 0 Å². The highest BCUT2D eigenvalue weighted by molar-refractivity contribution is 5.79. The summed E-state index contributed by atoms with van der Waals surface area (Å²) in [5.74, 6) is 1.56. The highest BCUT2D eigenvalue weighted by atomic mass is 16.5. The first-order chi connectivity index (χ1) is 9.72. The number of rotatable bonds is 3. The van der Waals surface area contributed by atoms with E-state index in [9.17, 15) is 0 Å². The van der Waals surface area contributed by atoms with E-state index in [1.54, 1.807) is 6.20 Å². The molecule has 0 bridgehead atoms. The molecule has 3 nitrogen and oxygen atoms in total. The molecule has 0 aliphatic rings. The third kappa shape index (κ3) is 2.63. The zero-order valence-electron chi connectivity index (χ0n) is 11.3. The first-order valence-electron chi connectivity index (χ1n) is 6.60. The molecule has 0 radical (unpaired) electrons. The fraction of sp³-hybridized carbons (Fsp3) is 0.118. The predicted molar refractivity (Wildman–Crippen MR) is 80.9 cm³/mol. The van der Waals surface area contributed by atoms with Gasteiger partial charge in [0.25, 0.3) is 0 Å². The Hall–Kier alpha value is -2.39. The molecular formula is C17H16N2O. The van der Waals surface area contributed by atoms with Crippen LogP contribution in [-0.2, 0) is 0 Å². The Balaban J connectivity index is 1.90. The van der Waals surface area contributed by atoms with Crippen molar-refractivity contribution in [2.45, 2.75) is 13.0 Å². The Morgan fingerprint density at radius 1 is 1.00 bits per heavy atom. The molecule has 2 N–H and O–H groups in total. The Labute approximate surface area is 118 Å². The molecule has 1 unspecified atom stereocenters. The maximum absolute atomic E-state index is 5.88. The van der Waals surface area contributed by atoms with Gasteiger partial charge in [0.1, 0.15) is 11.5 Å². The van der Waals surface area contributed by atoms with Crippen LogP contribution < -0.4 is 10.5 Å². The summed E-state index contributed by atoms with van der Waals surface area (Å²) >= 11 is 0. The van der Waals surface area contributed by atoms with Gasteiger partial charge in [-0.2, -0.15) is 0 Å². The molecule has 1 atom stereocenters. The number of nitrogens with two attached hydrogens (primary N) is 1. The van der Waals surface area contributed by atoms with Crippen LogP contribution in [-0.4, -0.2) is 4.98 Å². The van der Waals surface area contributed by atoms with Crippen molar-refractivity contribution in [3.05, 3.63) is 66.4 Å². The highest BCUT2D eigenvalue weighted by Gasteiger charge is 2.03. The predicted octanol–water partition coefficient (Wildman–Crippen LogP) is 4.05. The first-order valence-corrected chi connectivity index (χ1v) is 6.60. The topological polar surface area (TPSA) is 48.1 Å². The van der Waals surface area contributed by atoms with Gasteiger partial charge in [0.2, 0.25) is 0 Å². The summed E-state index contributed by atoms with van der Waals surface area (Å²) in [6.07, 6.45) is 1.78. The maximum Gasteiger partial charge on any atom is 0.129 e. The minimum atomic E-state index is -0.00294. The van der Waals surface area contributed by atoms with Gasteiger partial charge in [-0.3, -0.25) is 4.98 Å². The number of fused-ring (bicyclic) bond motifs is 1. The van der Waals surface area contributed by atoms with Crippen LogP contribution in [0.5, 0.6) is 11.5 Å². The normalized spacial score (nSPS) is 12.3. The van der Waals surface area contributed by atoms with E-state index in [1.165, 1.54) is 0 Å². The molecule has 0 aliphatic carbocycles. The molecule has 100 valence electrons. The van der Waals surface area contributed by atoms with Crippen molar-refractivity contribution in [2.75, 3.05) is 0 Å². The SMILES string of the molecule is CC(N)c1cccc(Oc2ccc3cccnc3c2)c1. The summed E-state index contributed by atoms with van der Waals surface area (Å²) in [7, 11) is 0. The van der Waals surface area contributed by atoms with Gasteiger partial charge >= 0.3 is 0 Å².